The number of carbonyl (C=O) groups is 1. The fourth-order valence-electron chi connectivity index (χ4n) is 2.82. The van der Waals surface area contributed by atoms with E-state index in [4.69, 9.17) is 9.47 Å². The van der Waals surface area contributed by atoms with Crippen molar-refractivity contribution in [3.8, 4) is 11.5 Å². The molecule has 1 N–H and O–H groups in total. The molecule has 0 fully saturated rings. The van der Waals surface area contributed by atoms with Crippen molar-refractivity contribution in [2.75, 3.05) is 11.9 Å². The van der Waals surface area contributed by atoms with E-state index in [1.807, 2.05) is 67.6 Å². The summed E-state index contributed by atoms with van der Waals surface area (Å²) in [4.78, 5) is 17.0. The van der Waals surface area contributed by atoms with Gasteiger partial charge < -0.3 is 9.47 Å². The first-order valence-electron chi connectivity index (χ1n) is 9.33. The molecule has 0 spiro atoms. The van der Waals surface area contributed by atoms with Crippen molar-refractivity contribution in [3.63, 3.8) is 0 Å². The number of amides is 1. The zero-order chi connectivity index (χ0) is 20.1. The van der Waals surface area contributed by atoms with Crippen LogP contribution in [0.2, 0.25) is 0 Å². The minimum Gasteiger partial charge on any atom is -0.494 e. The van der Waals surface area contributed by atoms with Crippen molar-refractivity contribution in [3.05, 3.63) is 83.9 Å². The third-order valence-electron chi connectivity index (χ3n) is 4.26. The van der Waals surface area contributed by atoms with Gasteiger partial charge in [0.15, 0.2) is 5.13 Å². The highest BCUT2D eigenvalue weighted by Crippen LogP contribution is 2.29. The summed E-state index contributed by atoms with van der Waals surface area (Å²) in [5.41, 5.74) is 2.40. The number of benzene rings is 3. The van der Waals surface area contributed by atoms with E-state index >= 15 is 0 Å². The van der Waals surface area contributed by atoms with Gasteiger partial charge in [-0.2, -0.15) is 0 Å². The van der Waals surface area contributed by atoms with Crippen molar-refractivity contribution >= 4 is 32.6 Å². The van der Waals surface area contributed by atoms with E-state index in [0.29, 0.717) is 23.9 Å². The Labute approximate surface area is 172 Å². The second-order valence-corrected chi connectivity index (χ2v) is 7.36. The highest BCUT2D eigenvalue weighted by Gasteiger charge is 2.11. The number of hydrogen-bond acceptors (Lipinski definition) is 5. The summed E-state index contributed by atoms with van der Waals surface area (Å²) >= 11 is 1.43. The summed E-state index contributed by atoms with van der Waals surface area (Å²) in [5, 5.41) is 3.44. The van der Waals surface area contributed by atoms with Gasteiger partial charge in [0.2, 0.25) is 0 Å². The van der Waals surface area contributed by atoms with Crippen LogP contribution in [0.25, 0.3) is 10.2 Å². The number of carbonyl (C=O) groups excluding carboxylic acids is 1. The van der Waals surface area contributed by atoms with Crippen LogP contribution in [0.3, 0.4) is 0 Å². The average Bonchev–Trinajstić information content (AvgIpc) is 3.15. The molecule has 0 saturated heterocycles. The van der Waals surface area contributed by atoms with Gasteiger partial charge in [0.25, 0.3) is 5.91 Å². The lowest BCUT2D eigenvalue weighted by Crippen LogP contribution is -2.11. The van der Waals surface area contributed by atoms with Crippen LogP contribution >= 0.6 is 11.3 Å². The van der Waals surface area contributed by atoms with E-state index in [1.54, 1.807) is 12.1 Å². The van der Waals surface area contributed by atoms with Crippen LogP contribution in [0.5, 0.6) is 11.5 Å². The lowest BCUT2D eigenvalue weighted by molar-refractivity contribution is 0.102. The molecule has 6 heteroatoms. The molecule has 0 atom stereocenters. The zero-order valence-electron chi connectivity index (χ0n) is 15.9. The molecule has 4 rings (SSSR count). The van der Waals surface area contributed by atoms with E-state index in [1.165, 1.54) is 11.3 Å². The highest BCUT2D eigenvalue weighted by molar-refractivity contribution is 7.22. The molecule has 0 bridgehead atoms. The van der Waals surface area contributed by atoms with Gasteiger partial charge in [0, 0.05) is 5.56 Å². The molecular weight excluding hydrogens is 384 g/mol. The average molecular weight is 404 g/mol. The number of nitrogens with zero attached hydrogens (tertiary/aromatic N) is 1. The molecule has 3 aromatic carbocycles. The van der Waals surface area contributed by atoms with Crippen molar-refractivity contribution < 1.29 is 14.3 Å². The number of rotatable bonds is 7. The second kappa shape index (κ2) is 8.75. The molecule has 0 aliphatic rings. The predicted octanol–water partition coefficient (Wildman–Crippen LogP) is 5.53. The molecule has 0 unspecified atom stereocenters. The molecule has 5 nitrogen and oxygen atoms in total. The third-order valence-corrected chi connectivity index (χ3v) is 5.19. The largest absolute Gasteiger partial charge is 0.494 e. The summed E-state index contributed by atoms with van der Waals surface area (Å²) in [5.74, 6) is 1.43. The number of anilines is 1. The van der Waals surface area contributed by atoms with E-state index in [-0.39, 0.29) is 5.91 Å². The van der Waals surface area contributed by atoms with Crippen LogP contribution in [0.1, 0.15) is 22.8 Å². The van der Waals surface area contributed by atoms with Crippen LogP contribution in [-0.4, -0.2) is 17.5 Å². The molecular formula is C23H20N2O3S. The lowest BCUT2D eigenvalue weighted by atomic mass is 10.1. The maximum absolute atomic E-state index is 12.6. The number of thiazole rings is 1. The molecule has 0 saturated carbocycles. The smallest absolute Gasteiger partial charge is 0.257 e. The van der Waals surface area contributed by atoms with Crippen molar-refractivity contribution in [1.29, 1.82) is 0 Å². The minimum atomic E-state index is -0.190. The monoisotopic (exact) mass is 404 g/mol. The van der Waals surface area contributed by atoms with Crippen LogP contribution in [0, 0.1) is 0 Å². The molecule has 29 heavy (non-hydrogen) atoms. The van der Waals surface area contributed by atoms with E-state index in [9.17, 15) is 4.79 Å². The van der Waals surface area contributed by atoms with Crippen molar-refractivity contribution in [1.82, 2.24) is 4.98 Å². The first-order chi connectivity index (χ1) is 14.2. The maximum Gasteiger partial charge on any atom is 0.257 e. The standard InChI is InChI=1S/C23H20N2O3S/c1-2-27-19-12-13-20-21(14-19)29-23(24-20)25-22(26)17-10-8-16(9-11-17)15-28-18-6-4-3-5-7-18/h3-14H,2,15H2,1H3,(H,24,25,26). The molecule has 0 aliphatic carbocycles. The first kappa shape index (κ1) is 19.0. The summed E-state index contributed by atoms with van der Waals surface area (Å²) in [7, 11) is 0. The fourth-order valence-corrected chi connectivity index (χ4v) is 3.71. The number of ether oxygens (including phenoxy) is 2. The van der Waals surface area contributed by atoms with E-state index in [0.717, 1.165) is 27.3 Å². The van der Waals surface area contributed by atoms with Gasteiger partial charge in [0.1, 0.15) is 18.1 Å². The first-order valence-corrected chi connectivity index (χ1v) is 10.1. The molecule has 1 amide bonds. The third kappa shape index (κ3) is 4.73. The van der Waals surface area contributed by atoms with E-state index in [2.05, 4.69) is 10.3 Å². The second-order valence-electron chi connectivity index (χ2n) is 6.33. The predicted molar refractivity (Wildman–Crippen MR) is 116 cm³/mol. The number of nitrogens with one attached hydrogen (secondary N) is 1. The normalized spacial score (nSPS) is 10.7. The van der Waals surface area contributed by atoms with Crippen molar-refractivity contribution in [2.24, 2.45) is 0 Å². The highest BCUT2D eigenvalue weighted by atomic mass is 32.1. The zero-order valence-corrected chi connectivity index (χ0v) is 16.7. The Morgan fingerprint density at radius 1 is 0.966 bits per heavy atom. The molecule has 1 heterocycles. The number of para-hydroxylation sites is 1. The lowest BCUT2D eigenvalue weighted by Gasteiger charge is -2.07. The number of hydrogen-bond donors (Lipinski definition) is 1. The van der Waals surface area contributed by atoms with Gasteiger partial charge in [-0.3, -0.25) is 10.1 Å². The van der Waals surface area contributed by atoms with E-state index < -0.39 is 0 Å². The van der Waals surface area contributed by atoms with Gasteiger partial charge >= 0.3 is 0 Å². The van der Waals surface area contributed by atoms with Crippen LogP contribution in [-0.2, 0) is 6.61 Å². The molecule has 0 radical (unpaired) electrons. The quantitative estimate of drug-likeness (QED) is 0.440. The Morgan fingerprint density at radius 2 is 1.76 bits per heavy atom. The number of fused-ring (bicyclic) bond motifs is 1. The molecule has 1 aromatic heterocycles. The topological polar surface area (TPSA) is 60.5 Å². The minimum absolute atomic E-state index is 0.190. The molecule has 146 valence electrons. The number of aromatic nitrogens is 1. The van der Waals surface area contributed by atoms with Crippen LogP contribution in [0.4, 0.5) is 5.13 Å². The Bertz CT molecular complexity index is 1110. The molecule has 4 aromatic rings. The summed E-state index contributed by atoms with van der Waals surface area (Å²) in [6, 6.07) is 22.7. The summed E-state index contributed by atoms with van der Waals surface area (Å²) in [6.45, 7) is 3.01. The SMILES string of the molecule is CCOc1ccc2nc(NC(=O)c3ccc(COc4ccccc4)cc3)sc2c1. The Hall–Kier alpha value is -3.38. The summed E-state index contributed by atoms with van der Waals surface area (Å²) in [6.07, 6.45) is 0. The molecule has 0 aliphatic heterocycles. The Balaban J connectivity index is 1.39. The van der Waals surface area contributed by atoms with Gasteiger partial charge in [0.05, 0.1) is 16.8 Å². The fraction of sp³-hybridized carbons (Fsp3) is 0.130. The summed E-state index contributed by atoms with van der Waals surface area (Å²) < 4.78 is 12.2. The van der Waals surface area contributed by atoms with Gasteiger partial charge in [-0.05, 0) is 55.0 Å². The van der Waals surface area contributed by atoms with Gasteiger partial charge in [-0.25, -0.2) is 4.98 Å². The maximum atomic E-state index is 12.6. The Kier molecular flexibility index (Phi) is 5.72. The van der Waals surface area contributed by atoms with Gasteiger partial charge in [-0.1, -0.05) is 41.7 Å². The van der Waals surface area contributed by atoms with Crippen LogP contribution < -0.4 is 14.8 Å². The van der Waals surface area contributed by atoms with Crippen LogP contribution in [0.15, 0.2) is 72.8 Å². The van der Waals surface area contributed by atoms with Gasteiger partial charge in [-0.15, -0.1) is 0 Å². The Morgan fingerprint density at radius 3 is 2.52 bits per heavy atom. The van der Waals surface area contributed by atoms with Crippen molar-refractivity contribution in [2.45, 2.75) is 13.5 Å².